The molecule has 2 unspecified atom stereocenters. The Morgan fingerprint density at radius 1 is 1.18 bits per heavy atom. The first-order chi connectivity index (χ1) is 16.0. The molecule has 0 aliphatic carbocycles. The molecule has 0 radical (unpaired) electrons. The number of carbonyl (C=O) groups is 2. The summed E-state index contributed by atoms with van der Waals surface area (Å²) in [4.78, 5) is 27.2. The minimum Gasteiger partial charge on any atom is -0.481 e. The summed E-state index contributed by atoms with van der Waals surface area (Å²) in [5, 5.41) is 2.83. The molecular weight excluding hydrogens is 416 g/mol. The van der Waals surface area contributed by atoms with Gasteiger partial charge in [0.25, 0.3) is 5.91 Å². The molecule has 2 aromatic carbocycles. The lowest BCUT2D eigenvalue weighted by Gasteiger charge is -2.38. The molecule has 4 rings (SSSR count). The second-order valence-electron chi connectivity index (χ2n) is 8.42. The van der Waals surface area contributed by atoms with Crippen molar-refractivity contribution in [1.29, 1.82) is 0 Å². The topological polar surface area (TPSA) is 71.8 Å². The largest absolute Gasteiger partial charge is 0.481 e. The Labute approximate surface area is 194 Å². The van der Waals surface area contributed by atoms with Crippen molar-refractivity contribution in [3.05, 3.63) is 88.9 Å². The highest BCUT2D eigenvalue weighted by Crippen LogP contribution is 2.37. The maximum absolute atomic E-state index is 12.8. The number of hydrogen-bond acceptors (Lipinski definition) is 4. The molecule has 6 nitrogen and oxygen atoms in total. The van der Waals surface area contributed by atoms with Crippen LogP contribution in [0.3, 0.4) is 0 Å². The summed E-state index contributed by atoms with van der Waals surface area (Å²) >= 11 is 0. The fourth-order valence-corrected chi connectivity index (χ4v) is 4.24. The van der Waals surface area contributed by atoms with Crippen LogP contribution in [-0.4, -0.2) is 29.4 Å². The van der Waals surface area contributed by atoms with E-state index in [1.165, 1.54) is 11.1 Å². The second-order valence-corrected chi connectivity index (χ2v) is 8.42. The van der Waals surface area contributed by atoms with E-state index in [4.69, 9.17) is 9.15 Å². The van der Waals surface area contributed by atoms with E-state index in [-0.39, 0.29) is 17.9 Å². The molecule has 1 aliphatic heterocycles. The third-order valence-corrected chi connectivity index (χ3v) is 6.06. The molecule has 2 amide bonds. The minimum atomic E-state index is -0.673. The molecule has 0 fully saturated rings. The predicted octanol–water partition coefficient (Wildman–Crippen LogP) is 4.56. The highest BCUT2D eigenvalue weighted by molar-refractivity contribution is 5.80. The van der Waals surface area contributed by atoms with Crippen molar-refractivity contribution < 1.29 is 18.7 Å². The standard InChI is InChI=1S/C27H30N2O4/c1-4-25(30)29-14-13-20-11-12-22(16-24(20)26(29)21-9-7-18(2)8-10-21)33-19(3)27(31)28-17-23-6-5-15-32-23/h5-12,15-16,19,26H,4,13-14,17H2,1-3H3,(H,28,31). The van der Waals surface area contributed by atoms with Gasteiger partial charge >= 0.3 is 0 Å². The zero-order valence-corrected chi connectivity index (χ0v) is 19.3. The number of benzene rings is 2. The number of fused-ring (bicyclic) bond motifs is 1. The highest BCUT2D eigenvalue weighted by atomic mass is 16.5. The molecule has 6 heteroatoms. The monoisotopic (exact) mass is 446 g/mol. The number of nitrogens with one attached hydrogen (secondary N) is 1. The second kappa shape index (κ2) is 9.94. The van der Waals surface area contributed by atoms with Gasteiger partial charge in [0, 0.05) is 13.0 Å². The highest BCUT2D eigenvalue weighted by Gasteiger charge is 2.32. The van der Waals surface area contributed by atoms with E-state index < -0.39 is 6.10 Å². The van der Waals surface area contributed by atoms with Crippen LogP contribution in [0.4, 0.5) is 0 Å². The van der Waals surface area contributed by atoms with Crippen molar-refractivity contribution in [2.75, 3.05) is 6.54 Å². The third kappa shape index (κ3) is 5.11. The molecule has 33 heavy (non-hydrogen) atoms. The van der Waals surface area contributed by atoms with Crippen LogP contribution in [0.5, 0.6) is 5.75 Å². The van der Waals surface area contributed by atoms with Crippen molar-refractivity contribution >= 4 is 11.8 Å². The SMILES string of the molecule is CCC(=O)N1CCc2ccc(OC(C)C(=O)NCc3ccco3)cc2C1c1ccc(C)cc1. The fraction of sp³-hybridized carbons (Fsp3) is 0.333. The number of rotatable bonds is 7. The molecular formula is C27H30N2O4. The normalized spacial score (nSPS) is 16.1. The molecule has 1 N–H and O–H groups in total. The Hall–Kier alpha value is -3.54. The average Bonchev–Trinajstić information content (AvgIpc) is 3.35. The van der Waals surface area contributed by atoms with Gasteiger partial charge in [-0.2, -0.15) is 0 Å². The van der Waals surface area contributed by atoms with Gasteiger partial charge in [0.15, 0.2) is 6.10 Å². The first kappa shape index (κ1) is 22.6. The molecule has 0 saturated heterocycles. The van der Waals surface area contributed by atoms with Gasteiger partial charge in [-0.05, 0) is 61.2 Å². The summed E-state index contributed by atoms with van der Waals surface area (Å²) < 4.78 is 11.2. The van der Waals surface area contributed by atoms with Crippen molar-refractivity contribution in [3.8, 4) is 5.75 Å². The first-order valence-electron chi connectivity index (χ1n) is 11.4. The van der Waals surface area contributed by atoms with E-state index in [0.717, 1.165) is 17.5 Å². The van der Waals surface area contributed by atoms with E-state index in [2.05, 4.69) is 36.5 Å². The smallest absolute Gasteiger partial charge is 0.261 e. The maximum Gasteiger partial charge on any atom is 0.261 e. The molecule has 1 aliphatic rings. The van der Waals surface area contributed by atoms with Gasteiger partial charge in [-0.1, -0.05) is 42.8 Å². The van der Waals surface area contributed by atoms with Crippen LogP contribution < -0.4 is 10.1 Å². The van der Waals surface area contributed by atoms with Crippen molar-refractivity contribution in [1.82, 2.24) is 10.2 Å². The minimum absolute atomic E-state index is 0.128. The number of amides is 2. The summed E-state index contributed by atoms with van der Waals surface area (Å²) in [5.41, 5.74) is 4.50. The molecule has 172 valence electrons. The van der Waals surface area contributed by atoms with Crippen LogP contribution in [0.1, 0.15) is 54.3 Å². The van der Waals surface area contributed by atoms with Gasteiger partial charge in [0.05, 0.1) is 18.8 Å². The van der Waals surface area contributed by atoms with Gasteiger partial charge in [0.1, 0.15) is 11.5 Å². The molecule has 3 aromatic rings. The van der Waals surface area contributed by atoms with Gasteiger partial charge < -0.3 is 19.4 Å². The number of furan rings is 1. The summed E-state index contributed by atoms with van der Waals surface area (Å²) in [7, 11) is 0. The average molecular weight is 447 g/mol. The summed E-state index contributed by atoms with van der Waals surface area (Å²) in [5.74, 6) is 1.20. The molecule has 0 saturated carbocycles. The predicted molar refractivity (Wildman–Crippen MR) is 126 cm³/mol. The van der Waals surface area contributed by atoms with Crippen molar-refractivity contribution in [2.24, 2.45) is 0 Å². The maximum atomic E-state index is 12.8. The van der Waals surface area contributed by atoms with E-state index in [1.807, 2.05) is 36.1 Å². The van der Waals surface area contributed by atoms with E-state index in [1.54, 1.807) is 19.3 Å². The summed E-state index contributed by atoms with van der Waals surface area (Å²) in [6, 6.07) is 17.7. The molecule has 0 bridgehead atoms. The quantitative estimate of drug-likeness (QED) is 0.578. The fourth-order valence-electron chi connectivity index (χ4n) is 4.24. The Bertz CT molecular complexity index is 1110. The lowest BCUT2D eigenvalue weighted by atomic mass is 9.87. The Morgan fingerprint density at radius 2 is 1.97 bits per heavy atom. The number of aryl methyl sites for hydroxylation is 1. The van der Waals surface area contributed by atoms with Crippen LogP contribution in [0.25, 0.3) is 0 Å². The number of carbonyl (C=O) groups excluding carboxylic acids is 2. The zero-order chi connectivity index (χ0) is 23.4. The number of hydrogen-bond donors (Lipinski definition) is 1. The first-order valence-corrected chi connectivity index (χ1v) is 11.4. The van der Waals surface area contributed by atoms with E-state index >= 15 is 0 Å². The van der Waals surface area contributed by atoms with Crippen molar-refractivity contribution in [3.63, 3.8) is 0 Å². The summed E-state index contributed by atoms with van der Waals surface area (Å²) in [6.07, 6.45) is 2.16. The van der Waals surface area contributed by atoms with Crippen molar-refractivity contribution in [2.45, 2.75) is 52.3 Å². The molecule has 2 atom stereocenters. The summed E-state index contributed by atoms with van der Waals surface area (Å²) in [6.45, 7) is 6.67. The van der Waals surface area contributed by atoms with Crippen LogP contribution in [-0.2, 0) is 22.6 Å². The molecule has 2 heterocycles. The number of ether oxygens (including phenoxy) is 1. The molecule has 0 spiro atoms. The van der Waals surface area contributed by atoms with Gasteiger partial charge in [-0.25, -0.2) is 0 Å². The van der Waals surface area contributed by atoms with Gasteiger partial charge in [-0.15, -0.1) is 0 Å². The van der Waals surface area contributed by atoms with Gasteiger partial charge in [-0.3, -0.25) is 9.59 Å². The molecule has 1 aromatic heterocycles. The number of nitrogens with zero attached hydrogens (tertiary/aromatic N) is 1. The van der Waals surface area contributed by atoms with Gasteiger partial charge in [0.2, 0.25) is 5.91 Å². The van der Waals surface area contributed by atoms with Crippen LogP contribution in [0, 0.1) is 6.92 Å². The van der Waals surface area contributed by atoms with Crippen LogP contribution in [0.15, 0.2) is 65.3 Å². The zero-order valence-electron chi connectivity index (χ0n) is 19.3. The Balaban J connectivity index is 1.57. The Kier molecular flexibility index (Phi) is 6.82. The van der Waals surface area contributed by atoms with Crippen LogP contribution >= 0.6 is 0 Å². The Morgan fingerprint density at radius 3 is 2.67 bits per heavy atom. The lowest BCUT2D eigenvalue weighted by Crippen LogP contribution is -2.40. The van der Waals surface area contributed by atoms with E-state index in [0.29, 0.717) is 31.0 Å². The van der Waals surface area contributed by atoms with Crippen LogP contribution in [0.2, 0.25) is 0 Å². The lowest BCUT2D eigenvalue weighted by molar-refractivity contribution is -0.133. The third-order valence-electron chi connectivity index (χ3n) is 6.06. The van der Waals surface area contributed by atoms with E-state index in [9.17, 15) is 9.59 Å².